The third-order valence-corrected chi connectivity index (χ3v) is 3.75. The first-order chi connectivity index (χ1) is 7.16. The predicted molar refractivity (Wildman–Crippen MR) is 63.3 cm³/mol. The first-order valence-corrected chi connectivity index (χ1v) is 6.01. The van der Waals surface area contributed by atoms with Crippen molar-refractivity contribution in [1.29, 1.82) is 0 Å². The average molecular weight is 241 g/mol. The lowest BCUT2D eigenvalue weighted by Crippen LogP contribution is -2.15. The number of nitrogen functional groups attached to an aromatic ring is 1. The standard InChI is InChI=1S/C8H11N5S2/c1-5-6(14-4-10-5)3-13(2)8-11-7(9)12-15-8/h4H,3H2,1-2H3,(H2,9,12). The third kappa shape index (κ3) is 2.24. The Morgan fingerprint density at radius 3 is 2.87 bits per heavy atom. The molecule has 0 saturated carbocycles. The van der Waals surface area contributed by atoms with E-state index >= 15 is 0 Å². The van der Waals surface area contributed by atoms with Gasteiger partial charge in [-0.25, -0.2) is 4.98 Å². The number of aryl methyl sites for hydroxylation is 1. The van der Waals surface area contributed by atoms with Crippen molar-refractivity contribution in [2.75, 3.05) is 17.7 Å². The number of thiazole rings is 1. The van der Waals surface area contributed by atoms with Crippen molar-refractivity contribution in [3.8, 4) is 0 Å². The van der Waals surface area contributed by atoms with E-state index < -0.39 is 0 Å². The van der Waals surface area contributed by atoms with Crippen LogP contribution in [0.25, 0.3) is 0 Å². The maximum atomic E-state index is 5.47. The Labute approximate surface area is 95.8 Å². The summed E-state index contributed by atoms with van der Waals surface area (Å²) in [5, 5.41) is 0.834. The van der Waals surface area contributed by atoms with E-state index in [1.807, 2.05) is 24.4 Å². The Balaban J connectivity index is 2.10. The first kappa shape index (κ1) is 10.3. The van der Waals surface area contributed by atoms with E-state index in [0.717, 1.165) is 17.4 Å². The molecule has 0 aromatic carbocycles. The van der Waals surface area contributed by atoms with Gasteiger partial charge in [0.15, 0.2) is 0 Å². The van der Waals surface area contributed by atoms with Gasteiger partial charge in [-0.15, -0.1) is 11.3 Å². The van der Waals surface area contributed by atoms with Gasteiger partial charge in [-0.2, -0.15) is 9.36 Å². The molecule has 2 N–H and O–H groups in total. The molecule has 7 heteroatoms. The molecule has 2 heterocycles. The molecule has 0 unspecified atom stereocenters. The van der Waals surface area contributed by atoms with Gasteiger partial charge in [-0.05, 0) is 6.92 Å². The van der Waals surface area contributed by atoms with Crippen molar-refractivity contribution >= 4 is 33.9 Å². The van der Waals surface area contributed by atoms with E-state index in [1.54, 1.807) is 11.3 Å². The molecule has 2 aromatic rings. The highest BCUT2D eigenvalue weighted by Gasteiger charge is 2.10. The second kappa shape index (κ2) is 4.11. The van der Waals surface area contributed by atoms with Crippen LogP contribution < -0.4 is 10.6 Å². The van der Waals surface area contributed by atoms with Gasteiger partial charge < -0.3 is 10.6 Å². The van der Waals surface area contributed by atoms with Gasteiger partial charge in [0.2, 0.25) is 11.1 Å². The lowest BCUT2D eigenvalue weighted by atomic mass is 10.4. The molecule has 2 aromatic heterocycles. The summed E-state index contributed by atoms with van der Waals surface area (Å²) in [4.78, 5) is 11.6. The number of nitrogens with zero attached hydrogens (tertiary/aromatic N) is 4. The highest BCUT2D eigenvalue weighted by Crippen LogP contribution is 2.21. The minimum Gasteiger partial charge on any atom is -0.367 e. The minimum absolute atomic E-state index is 0.336. The molecule has 0 fully saturated rings. The van der Waals surface area contributed by atoms with Crippen LogP contribution in [0.4, 0.5) is 11.1 Å². The van der Waals surface area contributed by atoms with E-state index in [9.17, 15) is 0 Å². The zero-order valence-electron chi connectivity index (χ0n) is 8.47. The van der Waals surface area contributed by atoms with Gasteiger partial charge in [-0.3, -0.25) is 0 Å². The van der Waals surface area contributed by atoms with Crippen LogP contribution in [0.2, 0.25) is 0 Å². The molecule has 15 heavy (non-hydrogen) atoms. The summed E-state index contributed by atoms with van der Waals surface area (Å²) in [7, 11) is 1.97. The van der Waals surface area contributed by atoms with Crippen LogP contribution in [-0.4, -0.2) is 21.4 Å². The molecule has 0 atom stereocenters. The number of aromatic nitrogens is 3. The highest BCUT2D eigenvalue weighted by atomic mass is 32.1. The second-order valence-electron chi connectivity index (χ2n) is 3.15. The molecule has 0 bridgehead atoms. The van der Waals surface area contributed by atoms with E-state index in [0.29, 0.717) is 5.95 Å². The quantitative estimate of drug-likeness (QED) is 0.882. The second-order valence-corrected chi connectivity index (χ2v) is 4.82. The summed E-state index contributed by atoms with van der Waals surface area (Å²) in [5.41, 5.74) is 8.40. The van der Waals surface area contributed by atoms with Crippen molar-refractivity contribution in [1.82, 2.24) is 14.3 Å². The number of hydrogen-bond acceptors (Lipinski definition) is 7. The molecule has 80 valence electrons. The molecule has 0 aliphatic rings. The van der Waals surface area contributed by atoms with Crippen LogP contribution in [-0.2, 0) is 6.54 Å². The highest BCUT2D eigenvalue weighted by molar-refractivity contribution is 7.10. The van der Waals surface area contributed by atoms with Crippen molar-refractivity contribution < 1.29 is 0 Å². The molecule has 2 rings (SSSR count). The van der Waals surface area contributed by atoms with Crippen molar-refractivity contribution in [3.05, 3.63) is 16.1 Å². The lowest BCUT2D eigenvalue weighted by molar-refractivity contribution is 0.918. The van der Waals surface area contributed by atoms with Crippen molar-refractivity contribution in [2.24, 2.45) is 0 Å². The molecule has 0 radical (unpaired) electrons. The van der Waals surface area contributed by atoms with Crippen molar-refractivity contribution in [3.63, 3.8) is 0 Å². The SMILES string of the molecule is Cc1ncsc1CN(C)c1nc(N)ns1. The molecular weight excluding hydrogens is 230 g/mol. The number of nitrogens with two attached hydrogens (primary N) is 1. The Hall–Kier alpha value is -1.21. The van der Waals surface area contributed by atoms with Crippen LogP contribution >= 0.6 is 22.9 Å². The maximum Gasteiger partial charge on any atom is 0.233 e. The van der Waals surface area contributed by atoms with Gasteiger partial charge in [0.25, 0.3) is 0 Å². The van der Waals surface area contributed by atoms with Gasteiger partial charge in [0.1, 0.15) is 0 Å². The minimum atomic E-state index is 0.336. The first-order valence-electron chi connectivity index (χ1n) is 4.36. The van der Waals surface area contributed by atoms with Crippen LogP contribution in [0.15, 0.2) is 5.51 Å². The lowest BCUT2D eigenvalue weighted by Gasteiger charge is -2.13. The van der Waals surface area contributed by atoms with Gasteiger partial charge >= 0.3 is 0 Å². The van der Waals surface area contributed by atoms with Crippen LogP contribution in [0, 0.1) is 6.92 Å². The molecule has 0 aliphatic heterocycles. The zero-order valence-corrected chi connectivity index (χ0v) is 10.1. The molecule has 0 saturated heterocycles. The summed E-state index contributed by atoms with van der Waals surface area (Å²) in [6, 6.07) is 0. The topological polar surface area (TPSA) is 67.9 Å². The Morgan fingerprint density at radius 2 is 2.33 bits per heavy atom. The largest absolute Gasteiger partial charge is 0.367 e. The van der Waals surface area contributed by atoms with Crippen LogP contribution in [0.1, 0.15) is 10.6 Å². The van der Waals surface area contributed by atoms with E-state index in [1.165, 1.54) is 16.4 Å². The monoisotopic (exact) mass is 241 g/mol. The maximum absolute atomic E-state index is 5.47. The van der Waals surface area contributed by atoms with Gasteiger partial charge in [-0.1, -0.05) is 0 Å². The van der Waals surface area contributed by atoms with Gasteiger partial charge in [0, 0.05) is 23.5 Å². The summed E-state index contributed by atoms with van der Waals surface area (Å²) < 4.78 is 3.94. The summed E-state index contributed by atoms with van der Waals surface area (Å²) in [6.45, 7) is 2.80. The summed E-state index contributed by atoms with van der Waals surface area (Å²) in [5.74, 6) is 0.336. The molecule has 0 aliphatic carbocycles. The number of hydrogen-bond donors (Lipinski definition) is 1. The smallest absolute Gasteiger partial charge is 0.233 e. The zero-order chi connectivity index (χ0) is 10.8. The molecule has 5 nitrogen and oxygen atoms in total. The Bertz CT molecular complexity index is 449. The average Bonchev–Trinajstić information content (AvgIpc) is 2.77. The van der Waals surface area contributed by atoms with Crippen molar-refractivity contribution in [2.45, 2.75) is 13.5 Å². The summed E-state index contributed by atoms with van der Waals surface area (Å²) in [6.07, 6.45) is 0. The fourth-order valence-corrected chi connectivity index (χ4v) is 2.53. The summed E-state index contributed by atoms with van der Waals surface area (Å²) >= 11 is 2.96. The normalized spacial score (nSPS) is 10.5. The van der Waals surface area contributed by atoms with Crippen LogP contribution in [0.3, 0.4) is 0 Å². The molecule has 0 spiro atoms. The predicted octanol–water partition coefficient (Wildman–Crippen LogP) is 1.52. The Kier molecular flexibility index (Phi) is 2.83. The van der Waals surface area contributed by atoms with E-state index in [4.69, 9.17) is 5.73 Å². The number of anilines is 2. The number of rotatable bonds is 3. The van der Waals surface area contributed by atoms with E-state index in [2.05, 4.69) is 14.3 Å². The Morgan fingerprint density at radius 1 is 1.53 bits per heavy atom. The fourth-order valence-electron chi connectivity index (χ4n) is 1.14. The molecular formula is C8H11N5S2. The van der Waals surface area contributed by atoms with Crippen LogP contribution in [0.5, 0.6) is 0 Å². The molecule has 0 amide bonds. The fraction of sp³-hybridized carbons (Fsp3) is 0.375. The third-order valence-electron chi connectivity index (χ3n) is 1.98. The van der Waals surface area contributed by atoms with Gasteiger partial charge in [0.05, 0.1) is 17.7 Å². The van der Waals surface area contributed by atoms with E-state index in [-0.39, 0.29) is 0 Å².